The number of benzene rings is 1. The minimum atomic E-state index is -0.0786. The van der Waals surface area contributed by atoms with Gasteiger partial charge in [-0.3, -0.25) is 0 Å². The smallest absolute Gasteiger partial charge is 1.00 e. The maximum Gasteiger partial charge on any atom is 4.00 e. The topological polar surface area (TPSA) is 0 Å². The van der Waals surface area contributed by atoms with Crippen LogP contribution < -0.4 is 49.6 Å². The largest absolute Gasteiger partial charge is 4.00 e. The Morgan fingerprint density at radius 1 is 1.00 bits per heavy atom. The average molecular weight is 489 g/mol. The normalized spacial score (nSPS) is 13.6. The molecule has 1 atom stereocenters. The van der Waals surface area contributed by atoms with E-state index in [0.717, 1.165) is 6.42 Å². The zero-order valence-electron chi connectivity index (χ0n) is 13.2. The molecule has 0 bridgehead atoms. The summed E-state index contributed by atoms with van der Waals surface area (Å²) in [4.78, 5) is 0. The zero-order valence-corrected chi connectivity index (χ0v) is 19.6. The van der Waals surface area contributed by atoms with Crippen molar-refractivity contribution in [2.24, 2.45) is 5.92 Å². The van der Waals surface area contributed by atoms with Gasteiger partial charge in [0.25, 0.3) is 0 Å². The SMILES string of the molecule is CCC=C(c1ccccc1)P(C)CC1C=CC=C1.[Cl-].[Cl-].[Cl-].[Cl-].[Zr+4]. The molecule has 23 heavy (non-hydrogen) atoms. The number of rotatable bonds is 5. The molecule has 2 rings (SSSR count). The second-order valence-corrected chi connectivity index (χ2v) is 6.92. The first-order valence-electron chi connectivity index (χ1n) is 6.63. The third-order valence-electron chi connectivity index (χ3n) is 3.19. The molecule has 0 heterocycles. The van der Waals surface area contributed by atoms with E-state index in [2.05, 4.69) is 74.3 Å². The van der Waals surface area contributed by atoms with Crippen LogP contribution in [-0.4, -0.2) is 12.8 Å². The molecule has 6 heteroatoms. The van der Waals surface area contributed by atoms with Crippen LogP contribution in [0.25, 0.3) is 5.31 Å². The van der Waals surface area contributed by atoms with Crippen molar-refractivity contribution >= 4 is 13.2 Å². The van der Waals surface area contributed by atoms with Gasteiger partial charge in [-0.2, -0.15) is 0 Å². The Hall–Kier alpha value is 0.913. The molecule has 0 saturated carbocycles. The summed E-state index contributed by atoms with van der Waals surface area (Å²) >= 11 is 0. The van der Waals surface area contributed by atoms with Crippen molar-refractivity contribution in [3.05, 3.63) is 66.3 Å². The minimum Gasteiger partial charge on any atom is -1.00 e. The summed E-state index contributed by atoms with van der Waals surface area (Å²) in [5, 5.41) is 1.56. The van der Waals surface area contributed by atoms with Gasteiger partial charge >= 0.3 is 26.2 Å². The molecule has 1 aliphatic carbocycles. The van der Waals surface area contributed by atoms with Crippen molar-refractivity contribution in [1.82, 2.24) is 0 Å². The fourth-order valence-corrected chi connectivity index (χ4v) is 4.47. The Labute approximate surface area is 186 Å². The Balaban J connectivity index is -0.000000361. The van der Waals surface area contributed by atoms with Crippen LogP contribution in [-0.2, 0) is 26.2 Å². The molecule has 0 aromatic heterocycles. The first-order chi connectivity index (χ1) is 8.81. The summed E-state index contributed by atoms with van der Waals surface area (Å²) in [6.07, 6.45) is 13.7. The van der Waals surface area contributed by atoms with Gasteiger partial charge in [-0.1, -0.05) is 75.6 Å². The van der Waals surface area contributed by atoms with Crippen molar-refractivity contribution in [1.29, 1.82) is 0 Å². The Morgan fingerprint density at radius 3 is 2.00 bits per heavy atom. The van der Waals surface area contributed by atoms with Crippen LogP contribution in [0.4, 0.5) is 0 Å². The molecule has 0 aliphatic heterocycles. The van der Waals surface area contributed by atoms with Crippen molar-refractivity contribution in [2.45, 2.75) is 13.3 Å². The van der Waals surface area contributed by atoms with Crippen LogP contribution in [0.2, 0.25) is 0 Å². The molecule has 0 spiro atoms. The predicted octanol–water partition coefficient (Wildman–Crippen LogP) is -6.70. The van der Waals surface area contributed by atoms with Gasteiger partial charge in [-0.05, 0) is 36.0 Å². The molecular formula is C17H21Cl4PZr. The second-order valence-electron chi connectivity index (χ2n) is 4.68. The van der Waals surface area contributed by atoms with Gasteiger partial charge in [0.05, 0.1) is 0 Å². The Morgan fingerprint density at radius 2 is 1.52 bits per heavy atom. The molecule has 126 valence electrons. The number of allylic oxidation sites excluding steroid dienone is 5. The molecule has 1 aliphatic rings. The maximum absolute atomic E-state index is 2.41. The standard InChI is InChI=1S/C17H21P.4ClH.Zr/c1-3-9-17(16-12-5-4-6-13-16)18(2)14-15-10-7-8-11-15;;;;;/h4-13,15H,3,14H2,1-2H3;4*1H;/q;;;;;+4/p-4. The fourth-order valence-electron chi connectivity index (χ4n) is 2.31. The van der Waals surface area contributed by atoms with E-state index in [1.807, 2.05) is 0 Å². The molecule has 0 N–H and O–H groups in total. The van der Waals surface area contributed by atoms with E-state index in [1.165, 1.54) is 11.7 Å². The van der Waals surface area contributed by atoms with Gasteiger partial charge in [0, 0.05) is 0 Å². The monoisotopic (exact) mass is 486 g/mol. The second kappa shape index (κ2) is 17.7. The summed E-state index contributed by atoms with van der Waals surface area (Å²) in [5.41, 5.74) is 1.40. The summed E-state index contributed by atoms with van der Waals surface area (Å²) < 4.78 is 0. The molecule has 0 amide bonds. The molecule has 0 fully saturated rings. The molecular weight excluding hydrogens is 468 g/mol. The average Bonchev–Trinajstić information content (AvgIpc) is 2.89. The molecule has 1 unspecified atom stereocenters. The van der Waals surface area contributed by atoms with Crippen LogP contribution in [0.1, 0.15) is 18.9 Å². The van der Waals surface area contributed by atoms with Gasteiger partial charge in [0.1, 0.15) is 0 Å². The van der Waals surface area contributed by atoms with Gasteiger partial charge in [0.15, 0.2) is 0 Å². The molecule has 0 saturated heterocycles. The number of hydrogen-bond donors (Lipinski definition) is 0. The van der Waals surface area contributed by atoms with Gasteiger partial charge in [-0.25, -0.2) is 0 Å². The molecule has 0 radical (unpaired) electrons. The number of hydrogen-bond acceptors (Lipinski definition) is 0. The van der Waals surface area contributed by atoms with Crippen LogP contribution in [0.5, 0.6) is 0 Å². The molecule has 0 nitrogen and oxygen atoms in total. The van der Waals surface area contributed by atoms with Crippen LogP contribution in [0.3, 0.4) is 0 Å². The fraction of sp³-hybridized carbons (Fsp3) is 0.294. The minimum absolute atomic E-state index is 0. The summed E-state index contributed by atoms with van der Waals surface area (Å²) in [6, 6.07) is 10.8. The summed E-state index contributed by atoms with van der Waals surface area (Å²) in [5.74, 6) is 0.644. The van der Waals surface area contributed by atoms with E-state index < -0.39 is 0 Å². The molecule has 1 aromatic carbocycles. The van der Waals surface area contributed by atoms with Crippen LogP contribution >= 0.6 is 7.92 Å². The third-order valence-corrected chi connectivity index (χ3v) is 5.42. The number of halogens is 4. The van der Waals surface area contributed by atoms with E-state index in [-0.39, 0.29) is 83.8 Å². The van der Waals surface area contributed by atoms with E-state index in [4.69, 9.17) is 0 Å². The Bertz CT molecular complexity index is 463. The van der Waals surface area contributed by atoms with E-state index in [1.54, 1.807) is 5.31 Å². The quantitative estimate of drug-likeness (QED) is 0.361. The van der Waals surface area contributed by atoms with Gasteiger partial charge in [-0.15, -0.1) is 0 Å². The third kappa shape index (κ3) is 10.5. The van der Waals surface area contributed by atoms with E-state index in [0.29, 0.717) is 5.92 Å². The first kappa shape index (κ1) is 31.7. The van der Waals surface area contributed by atoms with Crippen molar-refractivity contribution in [3.8, 4) is 0 Å². The van der Waals surface area contributed by atoms with Gasteiger partial charge < -0.3 is 49.6 Å². The van der Waals surface area contributed by atoms with Crippen LogP contribution in [0, 0.1) is 5.92 Å². The first-order valence-corrected chi connectivity index (χ1v) is 8.60. The van der Waals surface area contributed by atoms with E-state index in [9.17, 15) is 0 Å². The summed E-state index contributed by atoms with van der Waals surface area (Å²) in [7, 11) is -0.0786. The van der Waals surface area contributed by atoms with E-state index >= 15 is 0 Å². The van der Waals surface area contributed by atoms with Gasteiger partial charge in [0.2, 0.25) is 0 Å². The zero-order chi connectivity index (χ0) is 12.8. The van der Waals surface area contributed by atoms with Crippen LogP contribution in [0.15, 0.2) is 60.7 Å². The Kier molecular flexibility index (Phi) is 24.4. The maximum atomic E-state index is 2.41. The van der Waals surface area contributed by atoms with Crippen molar-refractivity contribution in [3.63, 3.8) is 0 Å². The predicted molar refractivity (Wildman–Crippen MR) is 84.2 cm³/mol. The van der Waals surface area contributed by atoms with Crippen molar-refractivity contribution in [2.75, 3.05) is 12.8 Å². The van der Waals surface area contributed by atoms with Crippen molar-refractivity contribution < 1.29 is 75.8 Å². The summed E-state index contributed by atoms with van der Waals surface area (Å²) in [6.45, 7) is 4.63. The molecule has 1 aromatic rings.